The van der Waals surface area contributed by atoms with Crippen molar-refractivity contribution < 1.29 is 19.2 Å². The Morgan fingerprint density at radius 1 is 1.14 bits per heavy atom. The molecule has 5 heteroatoms. The summed E-state index contributed by atoms with van der Waals surface area (Å²) in [5.74, 6) is 1.21. The van der Waals surface area contributed by atoms with Crippen molar-refractivity contribution in [3.8, 4) is 11.5 Å². The SMILES string of the molecule is CCOc1c(OCc2ccccc2)ccc2c1B(O)OC2. The molecule has 21 heavy (non-hydrogen) atoms. The second-order valence-electron chi connectivity index (χ2n) is 4.84. The van der Waals surface area contributed by atoms with Crippen LogP contribution in [-0.4, -0.2) is 18.7 Å². The van der Waals surface area contributed by atoms with Gasteiger partial charge in [-0.15, -0.1) is 0 Å². The van der Waals surface area contributed by atoms with E-state index in [1.54, 1.807) is 0 Å². The second-order valence-corrected chi connectivity index (χ2v) is 4.84. The lowest BCUT2D eigenvalue weighted by molar-refractivity contribution is 0.269. The highest BCUT2D eigenvalue weighted by molar-refractivity contribution is 6.62. The van der Waals surface area contributed by atoms with E-state index >= 15 is 0 Å². The van der Waals surface area contributed by atoms with Crippen LogP contribution in [0, 0.1) is 0 Å². The fourth-order valence-electron chi connectivity index (χ4n) is 2.41. The van der Waals surface area contributed by atoms with Crippen molar-refractivity contribution in [2.45, 2.75) is 20.1 Å². The minimum absolute atomic E-state index is 0.398. The molecule has 0 aromatic heterocycles. The van der Waals surface area contributed by atoms with Gasteiger partial charge in [-0.25, -0.2) is 0 Å². The monoisotopic (exact) mass is 284 g/mol. The van der Waals surface area contributed by atoms with Gasteiger partial charge in [-0.1, -0.05) is 36.4 Å². The molecule has 0 aliphatic carbocycles. The fourth-order valence-corrected chi connectivity index (χ4v) is 2.41. The number of rotatable bonds is 5. The standard InChI is InChI=1S/C16H17BO4/c1-2-19-16-14(20-10-12-6-4-3-5-7-12)9-8-13-11-21-17(18)15(13)16/h3-9,18H,2,10-11H2,1H3. The molecule has 4 nitrogen and oxygen atoms in total. The Labute approximate surface area is 124 Å². The van der Waals surface area contributed by atoms with Gasteiger partial charge in [0.2, 0.25) is 0 Å². The molecule has 2 aromatic rings. The van der Waals surface area contributed by atoms with E-state index in [1.165, 1.54) is 0 Å². The molecule has 1 aliphatic heterocycles. The summed E-state index contributed by atoms with van der Waals surface area (Å²) in [6.45, 7) is 3.26. The van der Waals surface area contributed by atoms with Crippen molar-refractivity contribution in [1.82, 2.24) is 0 Å². The highest BCUT2D eigenvalue weighted by Crippen LogP contribution is 2.30. The molecule has 3 rings (SSSR count). The Balaban J connectivity index is 1.86. The molecular weight excluding hydrogens is 267 g/mol. The van der Waals surface area contributed by atoms with E-state index in [-0.39, 0.29) is 0 Å². The number of hydrogen-bond acceptors (Lipinski definition) is 4. The molecule has 0 spiro atoms. The molecule has 0 fully saturated rings. The third-order valence-electron chi connectivity index (χ3n) is 3.42. The van der Waals surface area contributed by atoms with Gasteiger partial charge in [0, 0.05) is 5.46 Å². The van der Waals surface area contributed by atoms with Crippen molar-refractivity contribution in [3.05, 3.63) is 53.6 Å². The van der Waals surface area contributed by atoms with Gasteiger partial charge >= 0.3 is 7.12 Å². The summed E-state index contributed by atoms with van der Waals surface area (Å²) in [5.41, 5.74) is 2.71. The molecule has 0 saturated heterocycles. The largest absolute Gasteiger partial charge is 0.495 e. The van der Waals surface area contributed by atoms with Crippen LogP contribution in [0.5, 0.6) is 11.5 Å². The van der Waals surface area contributed by atoms with Crippen molar-refractivity contribution in [2.24, 2.45) is 0 Å². The van der Waals surface area contributed by atoms with Crippen molar-refractivity contribution in [3.63, 3.8) is 0 Å². The van der Waals surface area contributed by atoms with E-state index in [1.807, 2.05) is 49.4 Å². The van der Waals surface area contributed by atoms with Gasteiger partial charge in [-0.3, -0.25) is 0 Å². The maximum Gasteiger partial charge on any atom is 0.495 e. The van der Waals surface area contributed by atoms with Crippen LogP contribution >= 0.6 is 0 Å². The predicted octanol–water partition coefficient (Wildman–Crippen LogP) is 1.88. The zero-order valence-electron chi connectivity index (χ0n) is 11.9. The minimum atomic E-state index is -0.943. The van der Waals surface area contributed by atoms with Crippen LogP contribution < -0.4 is 14.9 Å². The second kappa shape index (κ2) is 6.20. The van der Waals surface area contributed by atoms with Crippen LogP contribution in [0.3, 0.4) is 0 Å². The van der Waals surface area contributed by atoms with E-state index in [4.69, 9.17) is 14.1 Å². The van der Waals surface area contributed by atoms with Gasteiger partial charge in [0.1, 0.15) is 6.61 Å². The van der Waals surface area contributed by atoms with Gasteiger partial charge in [0.25, 0.3) is 0 Å². The molecule has 108 valence electrons. The van der Waals surface area contributed by atoms with Gasteiger partial charge in [-0.2, -0.15) is 0 Å². The smallest absolute Gasteiger partial charge is 0.490 e. The molecular formula is C16H17BO4. The van der Waals surface area contributed by atoms with Crippen molar-refractivity contribution >= 4 is 12.6 Å². The summed E-state index contributed by atoms with van der Waals surface area (Å²) in [7, 11) is -0.943. The minimum Gasteiger partial charge on any atom is -0.490 e. The molecule has 0 unspecified atom stereocenters. The van der Waals surface area contributed by atoms with E-state index in [2.05, 4.69) is 0 Å². The van der Waals surface area contributed by atoms with Crippen LogP contribution in [0.2, 0.25) is 0 Å². The topological polar surface area (TPSA) is 47.9 Å². The Morgan fingerprint density at radius 2 is 1.95 bits per heavy atom. The van der Waals surface area contributed by atoms with Crippen molar-refractivity contribution in [1.29, 1.82) is 0 Å². The summed E-state index contributed by atoms with van der Waals surface area (Å²) < 4.78 is 16.8. The molecule has 0 saturated carbocycles. The summed E-state index contributed by atoms with van der Waals surface area (Å²) in [5, 5.41) is 9.94. The van der Waals surface area contributed by atoms with Crippen molar-refractivity contribution in [2.75, 3.05) is 6.61 Å². The van der Waals surface area contributed by atoms with Gasteiger partial charge in [0.05, 0.1) is 13.2 Å². The van der Waals surface area contributed by atoms with Gasteiger partial charge in [-0.05, 0) is 24.1 Å². The van der Waals surface area contributed by atoms with E-state index in [9.17, 15) is 5.02 Å². The van der Waals surface area contributed by atoms with E-state index in [0.29, 0.717) is 36.8 Å². The summed E-state index contributed by atoms with van der Waals surface area (Å²) in [6.07, 6.45) is 0. The zero-order chi connectivity index (χ0) is 14.7. The van der Waals surface area contributed by atoms with E-state index < -0.39 is 7.12 Å². The molecule has 1 heterocycles. The average molecular weight is 284 g/mol. The number of hydrogen-bond donors (Lipinski definition) is 1. The number of ether oxygens (including phenoxy) is 2. The van der Waals surface area contributed by atoms with Crippen LogP contribution in [0.4, 0.5) is 0 Å². The molecule has 0 amide bonds. The highest BCUT2D eigenvalue weighted by Gasteiger charge is 2.33. The quantitative estimate of drug-likeness (QED) is 0.852. The maximum atomic E-state index is 9.94. The summed E-state index contributed by atoms with van der Waals surface area (Å²) >= 11 is 0. The first-order chi connectivity index (χ1) is 10.3. The molecule has 2 aromatic carbocycles. The fraction of sp³-hybridized carbons (Fsp3) is 0.250. The lowest BCUT2D eigenvalue weighted by Gasteiger charge is -2.15. The first-order valence-electron chi connectivity index (χ1n) is 7.04. The van der Waals surface area contributed by atoms with Crippen LogP contribution in [0.1, 0.15) is 18.1 Å². The average Bonchev–Trinajstić information content (AvgIpc) is 2.89. The molecule has 0 radical (unpaired) electrons. The molecule has 0 bridgehead atoms. The lowest BCUT2D eigenvalue weighted by atomic mass is 9.78. The van der Waals surface area contributed by atoms with Gasteiger partial charge in [0.15, 0.2) is 11.5 Å². The number of benzene rings is 2. The third kappa shape index (κ3) is 2.89. The highest BCUT2D eigenvalue weighted by atomic mass is 16.5. The summed E-state index contributed by atoms with van der Waals surface area (Å²) in [6, 6.07) is 13.7. The van der Waals surface area contributed by atoms with Crippen LogP contribution in [-0.2, 0) is 17.9 Å². The third-order valence-corrected chi connectivity index (χ3v) is 3.42. The Hall–Kier alpha value is -1.98. The van der Waals surface area contributed by atoms with E-state index in [0.717, 1.165) is 11.1 Å². The zero-order valence-corrected chi connectivity index (χ0v) is 11.9. The Morgan fingerprint density at radius 3 is 2.71 bits per heavy atom. The number of fused-ring (bicyclic) bond motifs is 1. The molecule has 1 aliphatic rings. The first-order valence-corrected chi connectivity index (χ1v) is 7.04. The van der Waals surface area contributed by atoms with Crippen LogP contribution in [0.15, 0.2) is 42.5 Å². The first kappa shape index (κ1) is 14.0. The lowest BCUT2D eigenvalue weighted by Crippen LogP contribution is -2.30. The predicted molar refractivity (Wildman–Crippen MR) is 80.8 cm³/mol. The van der Waals surface area contributed by atoms with Gasteiger partial charge < -0.3 is 19.2 Å². The molecule has 1 N–H and O–H groups in total. The maximum absolute atomic E-state index is 9.94. The summed E-state index contributed by atoms with van der Waals surface area (Å²) in [4.78, 5) is 0. The Bertz CT molecular complexity index is 615. The van der Waals surface area contributed by atoms with Crippen LogP contribution in [0.25, 0.3) is 0 Å². The molecule has 0 atom stereocenters. The normalized spacial score (nSPS) is 13.1. The Kier molecular flexibility index (Phi) is 4.13.